The van der Waals surface area contributed by atoms with Gasteiger partial charge >= 0.3 is 0 Å². The number of aliphatic hydroxyl groups is 1. The standard InChI is InChI=1S/C10H18O2/c1-5-6-8(2)10(12-4)9(3)7-11/h8-11H,7H2,1-4H3/t8-,9?,10+/m1/s1. The first kappa shape index (κ1) is 11.5. The lowest BCUT2D eigenvalue weighted by atomic mass is 9.94. The second-order valence-electron chi connectivity index (χ2n) is 3.04. The van der Waals surface area contributed by atoms with Crippen molar-refractivity contribution in [1.82, 2.24) is 0 Å². The van der Waals surface area contributed by atoms with E-state index < -0.39 is 0 Å². The first-order chi connectivity index (χ1) is 5.67. The van der Waals surface area contributed by atoms with E-state index in [9.17, 15) is 0 Å². The summed E-state index contributed by atoms with van der Waals surface area (Å²) in [6.45, 7) is 5.93. The Morgan fingerprint density at radius 2 is 2.00 bits per heavy atom. The van der Waals surface area contributed by atoms with Crippen LogP contribution in [0.15, 0.2) is 0 Å². The minimum absolute atomic E-state index is 0.0300. The number of methoxy groups -OCH3 is 1. The SMILES string of the molecule is CC#C[C@@H](C)[C@H](OC)C(C)CO. The van der Waals surface area contributed by atoms with Gasteiger partial charge in [-0.2, -0.15) is 0 Å². The van der Waals surface area contributed by atoms with Crippen molar-refractivity contribution in [2.75, 3.05) is 13.7 Å². The third-order valence-corrected chi connectivity index (χ3v) is 1.99. The van der Waals surface area contributed by atoms with Gasteiger partial charge < -0.3 is 9.84 Å². The molecule has 0 heterocycles. The Morgan fingerprint density at radius 3 is 2.33 bits per heavy atom. The van der Waals surface area contributed by atoms with Gasteiger partial charge in [0.05, 0.1) is 6.10 Å². The Morgan fingerprint density at radius 1 is 1.42 bits per heavy atom. The van der Waals surface area contributed by atoms with E-state index in [1.165, 1.54) is 0 Å². The van der Waals surface area contributed by atoms with E-state index in [2.05, 4.69) is 11.8 Å². The first-order valence-corrected chi connectivity index (χ1v) is 4.23. The van der Waals surface area contributed by atoms with Crippen LogP contribution in [0.2, 0.25) is 0 Å². The Kier molecular flexibility index (Phi) is 5.79. The summed E-state index contributed by atoms with van der Waals surface area (Å²) in [4.78, 5) is 0. The fraction of sp³-hybridized carbons (Fsp3) is 0.800. The molecule has 0 spiro atoms. The summed E-state index contributed by atoms with van der Waals surface area (Å²) in [6, 6.07) is 0. The summed E-state index contributed by atoms with van der Waals surface area (Å²) in [6.07, 6.45) is 0.0300. The van der Waals surface area contributed by atoms with Crippen LogP contribution in [0.4, 0.5) is 0 Å². The molecule has 0 fully saturated rings. The highest BCUT2D eigenvalue weighted by molar-refractivity contribution is 5.02. The zero-order valence-electron chi connectivity index (χ0n) is 8.29. The van der Waals surface area contributed by atoms with Gasteiger partial charge in [0.1, 0.15) is 0 Å². The molecule has 0 bridgehead atoms. The van der Waals surface area contributed by atoms with Crippen molar-refractivity contribution in [3.05, 3.63) is 0 Å². The molecule has 0 aromatic carbocycles. The van der Waals surface area contributed by atoms with Crippen LogP contribution >= 0.6 is 0 Å². The summed E-state index contributed by atoms with van der Waals surface area (Å²) < 4.78 is 5.25. The monoisotopic (exact) mass is 170 g/mol. The topological polar surface area (TPSA) is 29.5 Å². The number of rotatable bonds is 4. The highest BCUT2D eigenvalue weighted by atomic mass is 16.5. The molecule has 1 N–H and O–H groups in total. The van der Waals surface area contributed by atoms with Crippen molar-refractivity contribution in [3.63, 3.8) is 0 Å². The maximum absolute atomic E-state index is 8.93. The lowest BCUT2D eigenvalue weighted by Gasteiger charge is -2.23. The molecule has 0 amide bonds. The first-order valence-electron chi connectivity index (χ1n) is 4.23. The number of aliphatic hydroxyl groups excluding tert-OH is 1. The highest BCUT2D eigenvalue weighted by Gasteiger charge is 2.20. The molecule has 0 rings (SSSR count). The molecular formula is C10H18O2. The summed E-state index contributed by atoms with van der Waals surface area (Å²) in [5, 5.41) is 8.93. The molecule has 2 heteroatoms. The van der Waals surface area contributed by atoms with E-state index >= 15 is 0 Å². The van der Waals surface area contributed by atoms with E-state index in [1.807, 2.05) is 20.8 Å². The summed E-state index contributed by atoms with van der Waals surface area (Å²) in [5.41, 5.74) is 0. The second-order valence-corrected chi connectivity index (χ2v) is 3.04. The predicted molar refractivity (Wildman–Crippen MR) is 49.7 cm³/mol. The van der Waals surface area contributed by atoms with E-state index in [4.69, 9.17) is 9.84 Å². The summed E-state index contributed by atoms with van der Waals surface area (Å²) in [7, 11) is 1.66. The minimum atomic E-state index is 0.0300. The molecule has 0 aliphatic rings. The largest absolute Gasteiger partial charge is 0.396 e. The molecular weight excluding hydrogens is 152 g/mol. The number of ether oxygens (including phenoxy) is 1. The zero-order valence-corrected chi connectivity index (χ0v) is 8.29. The summed E-state index contributed by atoms with van der Waals surface area (Å²) in [5.74, 6) is 6.20. The number of hydrogen-bond acceptors (Lipinski definition) is 2. The van der Waals surface area contributed by atoms with E-state index in [-0.39, 0.29) is 24.5 Å². The Hall–Kier alpha value is -0.520. The van der Waals surface area contributed by atoms with Gasteiger partial charge in [-0.05, 0) is 13.8 Å². The Bertz CT molecular complexity index is 166. The zero-order chi connectivity index (χ0) is 9.56. The molecule has 70 valence electrons. The molecule has 0 radical (unpaired) electrons. The van der Waals surface area contributed by atoms with Crippen molar-refractivity contribution in [2.45, 2.75) is 26.9 Å². The molecule has 12 heavy (non-hydrogen) atoms. The van der Waals surface area contributed by atoms with E-state index in [0.717, 1.165) is 0 Å². The Balaban J connectivity index is 4.19. The van der Waals surface area contributed by atoms with E-state index in [1.54, 1.807) is 7.11 Å². The van der Waals surface area contributed by atoms with Crippen LogP contribution < -0.4 is 0 Å². The number of hydrogen-bond donors (Lipinski definition) is 1. The van der Waals surface area contributed by atoms with Crippen LogP contribution in [0, 0.1) is 23.7 Å². The molecule has 0 aliphatic heterocycles. The van der Waals surface area contributed by atoms with Gasteiger partial charge in [-0.15, -0.1) is 5.92 Å². The molecule has 2 nitrogen and oxygen atoms in total. The van der Waals surface area contributed by atoms with Crippen LogP contribution in [0.25, 0.3) is 0 Å². The second kappa shape index (κ2) is 6.05. The van der Waals surface area contributed by atoms with E-state index in [0.29, 0.717) is 0 Å². The lowest BCUT2D eigenvalue weighted by Crippen LogP contribution is -2.29. The van der Waals surface area contributed by atoms with Crippen LogP contribution in [-0.4, -0.2) is 24.9 Å². The van der Waals surface area contributed by atoms with Crippen molar-refractivity contribution < 1.29 is 9.84 Å². The van der Waals surface area contributed by atoms with Gasteiger partial charge in [0.2, 0.25) is 0 Å². The van der Waals surface area contributed by atoms with Crippen LogP contribution in [-0.2, 0) is 4.74 Å². The fourth-order valence-corrected chi connectivity index (χ4v) is 1.34. The van der Waals surface area contributed by atoms with Gasteiger partial charge in [0, 0.05) is 25.6 Å². The normalized spacial score (nSPS) is 17.4. The smallest absolute Gasteiger partial charge is 0.0753 e. The van der Waals surface area contributed by atoms with Crippen molar-refractivity contribution in [1.29, 1.82) is 0 Å². The van der Waals surface area contributed by atoms with Gasteiger partial charge in [-0.3, -0.25) is 0 Å². The molecule has 0 aliphatic carbocycles. The predicted octanol–water partition coefficient (Wildman–Crippen LogP) is 1.29. The lowest BCUT2D eigenvalue weighted by molar-refractivity contribution is 0.0130. The van der Waals surface area contributed by atoms with Crippen LogP contribution in [0.5, 0.6) is 0 Å². The molecule has 1 unspecified atom stereocenters. The third-order valence-electron chi connectivity index (χ3n) is 1.99. The maximum atomic E-state index is 8.93. The van der Waals surface area contributed by atoms with Gasteiger partial charge in [0.25, 0.3) is 0 Å². The van der Waals surface area contributed by atoms with Crippen LogP contribution in [0.3, 0.4) is 0 Å². The summed E-state index contributed by atoms with van der Waals surface area (Å²) >= 11 is 0. The quantitative estimate of drug-likeness (QED) is 0.644. The van der Waals surface area contributed by atoms with Gasteiger partial charge in [-0.25, -0.2) is 0 Å². The Labute approximate surface area is 74.9 Å². The fourth-order valence-electron chi connectivity index (χ4n) is 1.34. The van der Waals surface area contributed by atoms with Crippen LogP contribution in [0.1, 0.15) is 20.8 Å². The third kappa shape index (κ3) is 3.25. The van der Waals surface area contributed by atoms with Crippen molar-refractivity contribution in [2.24, 2.45) is 11.8 Å². The molecule has 0 saturated heterocycles. The molecule has 0 aromatic rings. The average Bonchev–Trinajstić information content (AvgIpc) is 2.06. The molecule has 0 aromatic heterocycles. The maximum Gasteiger partial charge on any atom is 0.0753 e. The van der Waals surface area contributed by atoms with Crippen molar-refractivity contribution >= 4 is 0 Å². The average molecular weight is 170 g/mol. The van der Waals surface area contributed by atoms with Gasteiger partial charge in [-0.1, -0.05) is 12.8 Å². The highest BCUT2D eigenvalue weighted by Crippen LogP contribution is 2.15. The van der Waals surface area contributed by atoms with Gasteiger partial charge in [0.15, 0.2) is 0 Å². The molecule has 0 saturated carbocycles. The molecule has 3 atom stereocenters. The van der Waals surface area contributed by atoms with Crippen molar-refractivity contribution in [3.8, 4) is 11.8 Å². The minimum Gasteiger partial charge on any atom is -0.396 e.